The molecule has 152 valence electrons. The number of anilines is 1. The lowest BCUT2D eigenvalue weighted by Crippen LogP contribution is -2.46. The van der Waals surface area contributed by atoms with E-state index in [1.165, 1.54) is 38.5 Å². The molecule has 2 rings (SSSR count). The number of rotatable bonds is 11. The molecule has 0 aliphatic heterocycles. The van der Waals surface area contributed by atoms with Gasteiger partial charge in [0.1, 0.15) is 12.4 Å². The van der Waals surface area contributed by atoms with Gasteiger partial charge in [0.15, 0.2) is 0 Å². The highest BCUT2D eigenvalue weighted by atomic mass is 16.6. The van der Waals surface area contributed by atoms with Crippen molar-refractivity contribution in [1.29, 1.82) is 0 Å². The number of amides is 1. The van der Waals surface area contributed by atoms with Gasteiger partial charge in [-0.25, -0.2) is 4.79 Å². The minimum absolute atomic E-state index is 0.0220. The van der Waals surface area contributed by atoms with Crippen molar-refractivity contribution in [3.8, 4) is 5.75 Å². The van der Waals surface area contributed by atoms with Crippen LogP contribution in [0.25, 0.3) is 0 Å². The number of hydrogen-bond donors (Lipinski definition) is 1. The number of unbranched alkanes of at least 4 members (excludes halogenated alkanes) is 4. The summed E-state index contributed by atoms with van der Waals surface area (Å²) in [5.74, 6) is 0.702. The quantitative estimate of drug-likeness (QED) is 0.521. The predicted molar refractivity (Wildman–Crippen MR) is 111 cm³/mol. The topological polar surface area (TPSA) is 50.8 Å². The van der Waals surface area contributed by atoms with Crippen LogP contribution in [0.15, 0.2) is 24.3 Å². The van der Waals surface area contributed by atoms with Gasteiger partial charge in [0.05, 0.1) is 17.8 Å². The summed E-state index contributed by atoms with van der Waals surface area (Å²) in [6.45, 7) is 3.30. The Hall–Kier alpha value is -1.75. The first-order valence-electron chi connectivity index (χ1n) is 10.4. The highest BCUT2D eigenvalue weighted by Gasteiger charge is 2.37. The zero-order valence-corrected chi connectivity index (χ0v) is 17.3. The summed E-state index contributed by atoms with van der Waals surface area (Å²) in [4.78, 5) is 14.5. The molecule has 0 radical (unpaired) electrons. The van der Waals surface area contributed by atoms with E-state index >= 15 is 0 Å². The summed E-state index contributed by atoms with van der Waals surface area (Å²) in [5.41, 5.74) is 0.646. The second-order valence-electron chi connectivity index (χ2n) is 7.79. The third kappa shape index (κ3) is 6.73. The van der Waals surface area contributed by atoms with E-state index in [-0.39, 0.29) is 5.54 Å². The number of benzene rings is 1. The van der Waals surface area contributed by atoms with Crippen LogP contribution in [0.1, 0.15) is 64.7 Å². The molecule has 0 aromatic heterocycles. The molecule has 5 nitrogen and oxygen atoms in total. The molecule has 0 spiro atoms. The fraction of sp³-hybridized carbons (Fsp3) is 0.682. The van der Waals surface area contributed by atoms with E-state index in [0.717, 1.165) is 19.3 Å². The summed E-state index contributed by atoms with van der Waals surface area (Å²) >= 11 is 0. The van der Waals surface area contributed by atoms with Crippen molar-refractivity contribution in [2.45, 2.75) is 70.3 Å². The first kappa shape index (κ1) is 21.5. The minimum Gasteiger partial charge on any atom is -0.491 e. The van der Waals surface area contributed by atoms with Crippen molar-refractivity contribution in [2.75, 3.05) is 32.6 Å². The molecule has 1 saturated carbocycles. The van der Waals surface area contributed by atoms with Gasteiger partial charge in [0.2, 0.25) is 0 Å². The number of ether oxygens (including phenoxy) is 2. The molecule has 1 amide bonds. The average Bonchev–Trinajstić information content (AvgIpc) is 3.15. The van der Waals surface area contributed by atoms with E-state index < -0.39 is 6.09 Å². The Labute approximate surface area is 164 Å². The fourth-order valence-electron chi connectivity index (χ4n) is 3.68. The number of para-hydroxylation sites is 2. The monoisotopic (exact) mass is 376 g/mol. The van der Waals surface area contributed by atoms with Gasteiger partial charge in [0.25, 0.3) is 0 Å². The van der Waals surface area contributed by atoms with Gasteiger partial charge < -0.3 is 14.4 Å². The maximum Gasteiger partial charge on any atom is 0.411 e. The summed E-state index contributed by atoms with van der Waals surface area (Å²) in [6, 6.07) is 7.55. The van der Waals surface area contributed by atoms with Gasteiger partial charge in [0, 0.05) is 0 Å². The van der Waals surface area contributed by atoms with Gasteiger partial charge >= 0.3 is 6.09 Å². The Morgan fingerprint density at radius 2 is 1.81 bits per heavy atom. The first-order valence-corrected chi connectivity index (χ1v) is 10.4. The van der Waals surface area contributed by atoms with E-state index in [1.807, 2.05) is 24.3 Å². The zero-order valence-electron chi connectivity index (χ0n) is 17.3. The SMILES string of the molecule is CCCCCCCOc1ccccc1NC(=O)OCC1(N(C)C)CCCC1. The smallest absolute Gasteiger partial charge is 0.411 e. The van der Waals surface area contributed by atoms with E-state index in [2.05, 4.69) is 31.2 Å². The Morgan fingerprint density at radius 3 is 2.52 bits per heavy atom. The van der Waals surface area contributed by atoms with Crippen LogP contribution in [-0.4, -0.2) is 43.8 Å². The minimum atomic E-state index is -0.415. The summed E-state index contributed by atoms with van der Waals surface area (Å²) in [5, 5.41) is 2.85. The van der Waals surface area contributed by atoms with Crippen LogP contribution in [0, 0.1) is 0 Å². The molecule has 1 aliphatic carbocycles. The van der Waals surface area contributed by atoms with Gasteiger partial charge in [-0.1, -0.05) is 57.6 Å². The molecule has 1 aromatic rings. The second kappa shape index (κ2) is 11.2. The van der Waals surface area contributed by atoms with Crippen LogP contribution >= 0.6 is 0 Å². The number of carbonyl (C=O) groups excluding carboxylic acids is 1. The fourth-order valence-corrected chi connectivity index (χ4v) is 3.68. The van der Waals surface area contributed by atoms with E-state index in [9.17, 15) is 4.79 Å². The lowest BCUT2D eigenvalue weighted by Gasteiger charge is -2.35. The van der Waals surface area contributed by atoms with Gasteiger partial charge in [-0.2, -0.15) is 0 Å². The second-order valence-corrected chi connectivity index (χ2v) is 7.79. The van der Waals surface area contributed by atoms with Crippen molar-refractivity contribution >= 4 is 11.8 Å². The van der Waals surface area contributed by atoms with Crippen molar-refractivity contribution in [1.82, 2.24) is 4.90 Å². The molecule has 5 heteroatoms. The summed E-state index contributed by atoms with van der Waals surface area (Å²) in [6.07, 6.45) is 10.1. The van der Waals surface area contributed by atoms with Crippen LogP contribution in [0.2, 0.25) is 0 Å². The molecule has 27 heavy (non-hydrogen) atoms. The van der Waals surface area contributed by atoms with Crippen LogP contribution in [-0.2, 0) is 4.74 Å². The number of nitrogens with zero attached hydrogens (tertiary/aromatic N) is 1. The molecule has 0 heterocycles. The number of nitrogens with one attached hydrogen (secondary N) is 1. The molecule has 1 N–H and O–H groups in total. The van der Waals surface area contributed by atoms with Crippen LogP contribution < -0.4 is 10.1 Å². The number of carbonyl (C=O) groups is 1. The molecular formula is C22H36N2O3. The van der Waals surface area contributed by atoms with Gasteiger partial charge in [-0.3, -0.25) is 5.32 Å². The standard InChI is InChI=1S/C22H36N2O3/c1-4-5-6-7-12-17-26-20-14-9-8-13-19(20)23-21(25)27-18-22(24(2)3)15-10-11-16-22/h8-9,13-14H,4-7,10-12,15-18H2,1-3H3,(H,23,25). The summed E-state index contributed by atoms with van der Waals surface area (Å²) < 4.78 is 11.4. The van der Waals surface area contributed by atoms with Crippen LogP contribution in [0.5, 0.6) is 5.75 Å². The third-order valence-corrected chi connectivity index (χ3v) is 5.58. The van der Waals surface area contributed by atoms with Crippen molar-refractivity contribution < 1.29 is 14.3 Å². The molecule has 0 unspecified atom stereocenters. The van der Waals surface area contributed by atoms with Gasteiger partial charge in [-0.05, 0) is 45.5 Å². The van der Waals surface area contributed by atoms with Crippen molar-refractivity contribution in [3.63, 3.8) is 0 Å². The number of likely N-dealkylation sites (N-methyl/N-ethyl adjacent to an activating group) is 1. The predicted octanol–water partition coefficient (Wildman–Crippen LogP) is 5.46. The zero-order chi connectivity index (χ0) is 19.5. The largest absolute Gasteiger partial charge is 0.491 e. The lowest BCUT2D eigenvalue weighted by atomic mass is 9.97. The number of hydrogen-bond acceptors (Lipinski definition) is 4. The average molecular weight is 377 g/mol. The summed E-state index contributed by atoms with van der Waals surface area (Å²) in [7, 11) is 4.13. The molecule has 1 fully saturated rings. The maximum atomic E-state index is 12.3. The molecular weight excluding hydrogens is 340 g/mol. The van der Waals surface area contributed by atoms with E-state index in [1.54, 1.807) is 0 Å². The van der Waals surface area contributed by atoms with Crippen LogP contribution in [0.3, 0.4) is 0 Å². The molecule has 1 aliphatic rings. The molecule has 0 atom stereocenters. The Balaban J connectivity index is 1.81. The normalized spacial score (nSPS) is 15.7. The Kier molecular flexibility index (Phi) is 8.92. The molecule has 1 aromatic carbocycles. The lowest BCUT2D eigenvalue weighted by molar-refractivity contribution is 0.0578. The first-order chi connectivity index (χ1) is 13.1. The molecule has 0 bridgehead atoms. The highest BCUT2D eigenvalue weighted by Crippen LogP contribution is 2.34. The van der Waals surface area contributed by atoms with E-state index in [4.69, 9.17) is 9.47 Å². The van der Waals surface area contributed by atoms with E-state index in [0.29, 0.717) is 24.7 Å². The highest BCUT2D eigenvalue weighted by molar-refractivity contribution is 5.86. The maximum absolute atomic E-state index is 12.3. The van der Waals surface area contributed by atoms with Gasteiger partial charge in [-0.15, -0.1) is 0 Å². The van der Waals surface area contributed by atoms with Crippen molar-refractivity contribution in [3.05, 3.63) is 24.3 Å². The Morgan fingerprint density at radius 1 is 1.11 bits per heavy atom. The van der Waals surface area contributed by atoms with Crippen LogP contribution in [0.4, 0.5) is 10.5 Å². The molecule has 0 saturated heterocycles. The third-order valence-electron chi connectivity index (χ3n) is 5.58. The Bertz CT molecular complexity index is 568. The van der Waals surface area contributed by atoms with Crippen molar-refractivity contribution in [2.24, 2.45) is 0 Å².